The van der Waals surface area contributed by atoms with Gasteiger partial charge in [-0.25, -0.2) is 14.4 Å². The van der Waals surface area contributed by atoms with Gasteiger partial charge in [0, 0.05) is 17.0 Å². The van der Waals surface area contributed by atoms with Crippen molar-refractivity contribution in [2.75, 3.05) is 10.6 Å². The largest absolute Gasteiger partial charge is 0.337 e. The Kier molecular flexibility index (Phi) is 5.25. The molecule has 0 aliphatic carbocycles. The average Bonchev–Trinajstić information content (AvgIpc) is 2.60. The number of aromatic nitrogens is 2. The van der Waals surface area contributed by atoms with Gasteiger partial charge in [-0.15, -0.1) is 0 Å². The summed E-state index contributed by atoms with van der Waals surface area (Å²) in [7, 11) is 0. The smallest absolute Gasteiger partial charge is 0.226 e. The number of hydrogen-bond acceptors (Lipinski definition) is 4. The Morgan fingerprint density at radius 2 is 1.85 bits per heavy atom. The maximum atomic E-state index is 14.2. The van der Waals surface area contributed by atoms with Crippen LogP contribution in [0, 0.1) is 11.7 Å². The predicted octanol–water partition coefficient (Wildman–Crippen LogP) is 5.41. The third-order valence-electron chi connectivity index (χ3n) is 3.69. The molecule has 0 aliphatic heterocycles. The van der Waals surface area contributed by atoms with Gasteiger partial charge < -0.3 is 10.6 Å². The van der Waals surface area contributed by atoms with Gasteiger partial charge in [0.15, 0.2) is 0 Å². The number of amides is 1. The lowest BCUT2D eigenvalue weighted by Crippen LogP contribution is -2.17. The van der Waals surface area contributed by atoms with E-state index in [1.807, 2.05) is 0 Å². The van der Waals surface area contributed by atoms with Gasteiger partial charge in [0.2, 0.25) is 5.91 Å². The lowest BCUT2D eigenvalue weighted by Gasteiger charge is -2.12. The highest BCUT2D eigenvalue weighted by Gasteiger charge is 2.12. The molecule has 1 heterocycles. The van der Waals surface area contributed by atoms with Gasteiger partial charge in [-0.2, -0.15) is 0 Å². The van der Waals surface area contributed by atoms with Crippen LogP contribution < -0.4 is 10.6 Å². The zero-order valence-corrected chi connectivity index (χ0v) is 15.5. The first-order valence-corrected chi connectivity index (χ1v) is 8.58. The third kappa shape index (κ3) is 3.86. The molecule has 3 aromatic rings. The Bertz CT molecular complexity index is 994. The van der Waals surface area contributed by atoms with E-state index in [1.54, 1.807) is 32.0 Å². The van der Waals surface area contributed by atoms with Crippen LogP contribution in [0.5, 0.6) is 0 Å². The molecular formula is C18H15Cl2FN4O. The normalized spacial score (nSPS) is 11.0. The summed E-state index contributed by atoms with van der Waals surface area (Å²) in [5.74, 6) is -0.435. The zero-order chi connectivity index (χ0) is 18.8. The quantitative estimate of drug-likeness (QED) is 0.582. The van der Waals surface area contributed by atoms with E-state index >= 15 is 0 Å². The Balaban J connectivity index is 2.00. The summed E-state index contributed by atoms with van der Waals surface area (Å²) in [5, 5.41) is 6.69. The SMILES string of the molecule is CC(C)C(=O)Nc1ccc2ncnc(Nc3cc(Cl)c(Cl)cc3F)c2c1. The molecule has 2 N–H and O–H groups in total. The molecule has 0 atom stereocenters. The van der Waals surface area contributed by atoms with Crippen LogP contribution in [0.25, 0.3) is 10.9 Å². The van der Waals surface area contributed by atoms with Crippen molar-refractivity contribution in [2.24, 2.45) is 5.92 Å². The third-order valence-corrected chi connectivity index (χ3v) is 4.41. The molecule has 26 heavy (non-hydrogen) atoms. The summed E-state index contributed by atoms with van der Waals surface area (Å²) in [6.07, 6.45) is 1.37. The van der Waals surface area contributed by atoms with Crippen LogP contribution in [0.2, 0.25) is 10.0 Å². The fraction of sp³-hybridized carbons (Fsp3) is 0.167. The molecule has 0 radical (unpaired) electrons. The lowest BCUT2D eigenvalue weighted by molar-refractivity contribution is -0.118. The van der Waals surface area contributed by atoms with Gasteiger partial charge in [-0.05, 0) is 30.3 Å². The molecule has 8 heteroatoms. The summed E-state index contributed by atoms with van der Waals surface area (Å²) in [4.78, 5) is 20.3. The Morgan fingerprint density at radius 3 is 2.58 bits per heavy atom. The molecule has 0 bridgehead atoms. The number of anilines is 3. The number of nitrogens with zero attached hydrogens (tertiary/aromatic N) is 2. The first kappa shape index (κ1) is 18.4. The molecule has 1 aromatic heterocycles. The maximum Gasteiger partial charge on any atom is 0.226 e. The van der Waals surface area contributed by atoms with E-state index in [0.717, 1.165) is 6.07 Å². The molecule has 0 fully saturated rings. The van der Waals surface area contributed by atoms with E-state index in [-0.39, 0.29) is 27.6 Å². The van der Waals surface area contributed by atoms with Crippen molar-refractivity contribution in [1.29, 1.82) is 0 Å². The van der Waals surface area contributed by atoms with E-state index in [1.165, 1.54) is 12.4 Å². The molecule has 0 aliphatic rings. The predicted molar refractivity (Wildman–Crippen MR) is 103 cm³/mol. The van der Waals surface area contributed by atoms with E-state index in [2.05, 4.69) is 20.6 Å². The molecule has 1 amide bonds. The van der Waals surface area contributed by atoms with Gasteiger partial charge in [-0.1, -0.05) is 37.0 Å². The van der Waals surface area contributed by atoms with E-state index in [4.69, 9.17) is 23.2 Å². The van der Waals surface area contributed by atoms with Crippen molar-refractivity contribution in [3.63, 3.8) is 0 Å². The van der Waals surface area contributed by atoms with E-state index in [9.17, 15) is 9.18 Å². The number of halogens is 3. The zero-order valence-electron chi connectivity index (χ0n) is 14.0. The molecule has 134 valence electrons. The number of benzene rings is 2. The molecule has 3 rings (SSSR count). The molecule has 0 saturated heterocycles. The summed E-state index contributed by atoms with van der Waals surface area (Å²) < 4.78 is 14.2. The van der Waals surface area contributed by atoms with Crippen molar-refractivity contribution < 1.29 is 9.18 Å². The van der Waals surface area contributed by atoms with Crippen molar-refractivity contribution in [3.8, 4) is 0 Å². The highest BCUT2D eigenvalue weighted by atomic mass is 35.5. The monoisotopic (exact) mass is 392 g/mol. The van der Waals surface area contributed by atoms with Crippen molar-refractivity contribution in [1.82, 2.24) is 9.97 Å². The second kappa shape index (κ2) is 7.43. The summed E-state index contributed by atoms with van der Waals surface area (Å²) >= 11 is 11.8. The lowest BCUT2D eigenvalue weighted by atomic mass is 10.1. The van der Waals surface area contributed by atoms with Crippen LogP contribution in [0.3, 0.4) is 0 Å². The number of rotatable bonds is 4. The van der Waals surface area contributed by atoms with Gasteiger partial charge >= 0.3 is 0 Å². The highest BCUT2D eigenvalue weighted by Crippen LogP contribution is 2.31. The Hall–Kier alpha value is -2.44. The second-order valence-electron chi connectivity index (χ2n) is 5.97. The topological polar surface area (TPSA) is 66.9 Å². The first-order chi connectivity index (χ1) is 12.3. The standard InChI is InChI=1S/C18H15Cl2FN4O/c1-9(2)18(26)24-10-3-4-15-11(5-10)17(23-8-22-15)25-16-7-13(20)12(19)6-14(16)21/h3-9H,1-2H3,(H,24,26)(H,22,23,25). The minimum atomic E-state index is -0.560. The van der Waals surface area contributed by atoms with Crippen LogP contribution in [0.4, 0.5) is 21.6 Å². The highest BCUT2D eigenvalue weighted by molar-refractivity contribution is 6.42. The summed E-state index contributed by atoms with van der Waals surface area (Å²) in [6, 6.07) is 7.75. The summed E-state index contributed by atoms with van der Waals surface area (Å²) in [6.45, 7) is 3.61. The molecular weight excluding hydrogens is 378 g/mol. The minimum Gasteiger partial charge on any atom is -0.337 e. The molecule has 0 spiro atoms. The van der Waals surface area contributed by atoms with Crippen LogP contribution in [0.1, 0.15) is 13.8 Å². The molecule has 0 saturated carbocycles. The summed E-state index contributed by atoms with van der Waals surface area (Å²) in [5.41, 5.74) is 1.38. The minimum absolute atomic E-state index is 0.105. The van der Waals surface area contributed by atoms with Crippen molar-refractivity contribution >= 4 is 57.2 Å². The van der Waals surface area contributed by atoms with E-state index in [0.29, 0.717) is 22.4 Å². The Morgan fingerprint density at radius 1 is 1.12 bits per heavy atom. The number of nitrogens with one attached hydrogen (secondary N) is 2. The molecule has 0 unspecified atom stereocenters. The van der Waals surface area contributed by atoms with Gasteiger partial charge in [-0.3, -0.25) is 4.79 Å². The van der Waals surface area contributed by atoms with Crippen LogP contribution >= 0.6 is 23.2 Å². The molecule has 2 aromatic carbocycles. The van der Waals surface area contributed by atoms with Gasteiger partial charge in [0.1, 0.15) is 18.0 Å². The number of carbonyl (C=O) groups excluding carboxylic acids is 1. The maximum absolute atomic E-state index is 14.2. The molecule has 5 nitrogen and oxygen atoms in total. The van der Waals surface area contributed by atoms with Gasteiger partial charge in [0.25, 0.3) is 0 Å². The number of hydrogen-bond donors (Lipinski definition) is 2. The fourth-order valence-electron chi connectivity index (χ4n) is 2.27. The number of carbonyl (C=O) groups is 1. The van der Waals surface area contributed by atoms with Crippen molar-refractivity contribution in [3.05, 3.63) is 52.5 Å². The second-order valence-corrected chi connectivity index (χ2v) is 6.78. The van der Waals surface area contributed by atoms with Crippen LogP contribution in [-0.4, -0.2) is 15.9 Å². The average molecular weight is 393 g/mol. The number of fused-ring (bicyclic) bond motifs is 1. The van der Waals surface area contributed by atoms with Crippen LogP contribution in [-0.2, 0) is 4.79 Å². The fourth-order valence-corrected chi connectivity index (χ4v) is 2.58. The van der Waals surface area contributed by atoms with E-state index < -0.39 is 5.82 Å². The Labute approximate surface area is 159 Å². The first-order valence-electron chi connectivity index (χ1n) is 7.82. The van der Waals surface area contributed by atoms with Gasteiger partial charge in [0.05, 0.1) is 21.2 Å². The van der Waals surface area contributed by atoms with Crippen LogP contribution in [0.15, 0.2) is 36.7 Å². The van der Waals surface area contributed by atoms with Crippen molar-refractivity contribution in [2.45, 2.75) is 13.8 Å².